The lowest BCUT2D eigenvalue weighted by molar-refractivity contribution is 0.243. The van der Waals surface area contributed by atoms with Crippen LogP contribution in [0.15, 0.2) is 15.9 Å². The normalized spacial score (nSPS) is 26.1. The maximum absolute atomic E-state index is 3.60. The minimum Gasteiger partial charge on any atom is -0.314 e. The Hall–Kier alpha value is 0.140. The lowest BCUT2D eigenvalue weighted by Crippen LogP contribution is -2.40. The SMILES string of the molecule is CC1CC(NCCc2ccc(Br)s2)C1. The van der Waals surface area contributed by atoms with Crippen molar-refractivity contribution in [1.82, 2.24) is 5.32 Å². The molecule has 1 heterocycles. The molecule has 0 atom stereocenters. The van der Waals surface area contributed by atoms with E-state index in [-0.39, 0.29) is 0 Å². The van der Waals surface area contributed by atoms with Gasteiger partial charge in [0.25, 0.3) is 0 Å². The molecule has 1 nitrogen and oxygen atoms in total. The predicted octanol–water partition coefficient (Wildman–Crippen LogP) is 3.44. The quantitative estimate of drug-likeness (QED) is 0.886. The zero-order valence-electron chi connectivity index (χ0n) is 8.42. The minimum absolute atomic E-state index is 0.799. The topological polar surface area (TPSA) is 12.0 Å². The van der Waals surface area contributed by atoms with Gasteiger partial charge in [-0.3, -0.25) is 0 Å². The molecule has 0 bridgehead atoms. The van der Waals surface area contributed by atoms with E-state index in [9.17, 15) is 0 Å². The first-order chi connectivity index (χ1) is 6.74. The van der Waals surface area contributed by atoms with Crippen LogP contribution in [0.2, 0.25) is 0 Å². The smallest absolute Gasteiger partial charge is 0.0701 e. The highest BCUT2D eigenvalue weighted by Gasteiger charge is 2.24. The van der Waals surface area contributed by atoms with Crippen LogP contribution in [0.1, 0.15) is 24.6 Å². The number of nitrogens with one attached hydrogen (secondary N) is 1. The Bertz CT molecular complexity index is 291. The molecule has 2 rings (SSSR count). The summed E-state index contributed by atoms with van der Waals surface area (Å²) in [5.74, 6) is 0.948. The van der Waals surface area contributed by atoms with Gasteiger partial charge in [-0.25, -0.2) is 0 Å². The minimum atomic E-state index is 0.799. The Morgan fingerprint density at radius 2 is 2.29 bits per heavy atom. The summed E-state index contributed by atoms with van der Waals surface area (Å²) < 4.78 is 1.24. The van der Waals surface area contributed by atoms with Crippen molar-refractivity contribution >= 4 is 27.3 Å². The molecule has 78 valence electrons. The van der Waals surface area contributed by atoms with Crippen molar-refractivity contribution in [3.63, 3.8) is 0 Å². The molecule has 1 fully saturated rings. The summed E-state index contributed by atoms with van der Waals surface area (Å²) in [5, 5.41) is 3.60. The van der Waals surface area contributed by atoms with Gasteiger partial charge in [-0.2, -0.15) is 0 Å². The molecular formula is C11H16BrNS. The number of halogens is 1. The third-order valence-electron chi connectivity index (χ3n) is 2.81. The van der Waals surface area contributed by atoms with E-state index in [1.807, 2.05) is 11.3 Å². The van der Waals surface area contributed by atoms with Crippen LogP contribution in [-0.2, 0) is 6.42 Å². The molecule has 1 aliphatic carbocycles. The van der Waals surface area contributed by atoms with Crippen LogP contribution in [0.4, 0.5) is 0 Å². The lowest BCUT2D eigenvalue weighted by Gasteiger charge is -2.33. The van der Waals surface area contributed by atoms with E-state index in [0.29, 0.717) is 0 Å². The van der Waals surface area contributed by atoms with E-state index in [0.717, 1.165) is 18.5 Å². The van der Waals surface area contributed by atoms with Crippen LogP contribution < -0.4 is 5.32 Å². The van der Waals surface area contributed by atoms with Gasteiger partial charge in [0, 0.05) is 17.5 Å². The monoisotopic (exact) mass is 273 g/mol. The average Bonchev–Trinajstić information content (AvgIpc) is 2.48. The second kappa shape index (κ2) is 4.77. The third kappa shape index (κ3) is 2.81. The summed E-state index contributed by atoms with van der Waals surface area (Å²) in [7, 11) is 0. The Morgan fingerprint density at radius 3 is 2.86 bits per heavy atom. The molecule has 1 aliphatic rings. The van der Waals surface area contributed by atoms with Gasteiger partial charge in [-0.05, 0) is 53.2 Å². The fourth-order valence-corrected chi connectivity index (χ4v) is 3.44. The van der Waals surface area contributed by atoms with Gasteiger partial charge in [0.2, 0.25) is 0 Å². The number of hydrogen-bond donors (Lipinski definition) is 1. The zero-order chi connectivity index (χ0) is 9.97. The van der Waals surface area contributed by atoms with E-state index >= 15 is 0 Å². The summed E-state index contributed by atoms with van der Waals surface area (Å²) in [6.07, 6.45) is 3.91. The fraction of sp³-hybridized carbons (Fsp3) is 0.636. The molecule has 0 unspecified atom stereocenters. The molecule has 0 radical (unpaired) electrons. The molecule has 0 saturated heterocycles. The maximum Gasteiger partial charge on any atom is 0.0701 e. The summed E-state index contributed by atoms with van der Waals surface area (Å²) in [6.45, 7) is 3.46. The van der Waals surface area contributed by atoms with Crippen molar-refractivity contribution in [3.05, 3.63) is 20.8 Å². The molecule has 0 amide bonds. The van der Waals surface area contributed by atoms with Gasteiger partial charge in [-0.1, -0.05) is 6.92 Å². The van der Waals surface area contributed by atoms with Crippen LogP contribution in [-0.4, -0.2) is 12.6 Å². The third-order valence-corrected chi connectivity index (χ3v) is 4.49. The second-order valence-corrected chi connectivity index (χ2v) is 6.73. The van der Waals surface area contributed by atoms with Gasteiger partial charge in [-0.15, -0.1) is 11.3 Å². The van der Waals surface area contributed by atoms with Gasteiger partial charge < -0.3 is 5.32 Å². The Kier molecular flexibility index (Phi) is 3.63. The lowest BCUT2D eigenvalue weighted by atomic mass is 9.82. The van der Waals surface area contributed by atoms with Crippen molar-refractivity contribution in [2.75, 3.05) is 6.54 Å². The number of hydrogen-bond acceptors (Lipinski definition) is 2. The van der Waals surface area contributed by atoms with Crippen LogP contribution in [0, 0.1) is 5.92 Å². The van der Waals surface area contributed by atoms with Crippen molar-refractivity contribution in [2.24, 2.45) is 5.92 Å². The zero-order valence-corrected chi connectivity index (χ0v) is 10.8. The molecule has 1 N–H and O–H groups in total. The summed E-state index contributed by atoms with van der Waals surface area (Å²) in [4.78, 5) is 1.47. The molecule has 1 aromatic rings. The molecular weight excluding hydrogens is 258 g/mol. The fourth-order valence-electron chi connectivity index (χ4n) is 1.95. The van der Waals surface area contributed by atoms with Crippen LogP contribution >= 0.6 is 27.3 Å². The molecule has 0 aliphatic heterocycles. The Labute approximate surface area is 98.0 Å². The first-order valence-corrected chi connectivity index (χ1v) is 6.82. The van der Waals surface area contributed by atoms with Crippen LogP contribution in [0.3, 0.4) is 0 Å². The van der Waals surface area contributed by atoms with Crippen LogP contribution in [0.5, 0.6) is 0 Å². The molecule has 0 aromatic carbocycles. The standard InChI is InChI=1S/C11H16BrNS/c1-8-6-9(7-8)13-5-4-10-2-3-11(12)14-10/h2-3,8-9,13H,4-7H2,1H3. The largest absolute Gasteiger partial charge is 0.314 e. The highest BCUT2D eigenvalue weighted by molar-refractivity contribution is 9.11. The van der Waals surface area contributed by atoms with E-state index in [4.69, 9.17) is 0 Å². The molecule has 0 spiro atoms. The molecule has 1 aromatic heterocycles. The van der Waals surface area contributed by atoms with Gasteiger partial charge in [0.1, 0.15) is 0 Å². The number of thiophene rings is 1. The van der Waals surface area contributed by atoms with Crippen molar-refractivity contribution in [3.8, 4) is 0 Å². The van der Waals surface area contributed by atoms with Crippen molar-refractivity contribution < 1.29 is 0 Å². The second-order valence-electron chi connectivity index (χ2n) is 4.18. The summed E-state index contributed by atoms with van der Waals surface area (Å²) in [6, 6.07) is 5.14. The molecule has 14 heavy (non-hydrogen) atoms. The van der Waals surface area contributed by atoms with E-state index in [1.54, 1.807) is 0 Å². The van der Waals surface area contributed by atoms with Crippen molar-refractivity contribution in [2.45, 2.75) is 32.2 Å². The summed E-state index contributed by atoms with van der Waals surface area (Å²) in [5.41, 5.74) is 0. The molecule has 1 saturated carbocycles. The van der Waals surface area contributed by atoms with E-state index < -0.39 is 0 Å². The highest BCUT2D eigenvalue weighted by atomic mass is 79.9. The molecule has 3 heteroatoms. The van der Waals surface area contributed by atoms with Gasteiger partial charge in [0.05, 0.1) is 3.79 Å². The number of rotatable bonds is 4. The Balaban J connectivity index is 1.63. The predicted molar refractivity (Wildman–Crippen MR) is 65.9 cm³/mol. The Morgan fingerprint density at radius 1 is 1.50 bits per heavy atom. The average molecular weight is 274 g/mol. The van der Waals surface area contributed by atoms with Gasteiger partial charge >= 0.3 is 0 Å². The maximum atomic E-state index is 3.60. The first kappa shape index (κ1) is 10.7. The van der Waals surface area contributed by atoms with Crippen molar-refractivity contribution in [1.29, 1.82) is 0 Å². The summed E-state index contributed by atoms with van der Waals surface area (Å²) >= 11 is 5.33. The van der Waals surface area contributed by atoms with E-state index in [1.165, 1.54) is 27.9 Å². The highest BCUT2D eigenvalue weighted by Crippen LogP contribution is 2.26. The van der Waals surface area contributed by atoms with Crippen LogP contribution in [0.25, 0.3) is 0 Å². The van der Waals surface area contributed by atoms with E-state index in [2.05, 4.69) is 40.3 Å². The first-order valence-electron chi connectivity index (χ1n) is 5.21. The van der Waals surface area contributed by atoms with Gasteiger partial charge in [0.15, 0.2) is 0 Å².